The van der Waals surface area contributed by atoms with Crippen molar-refractivity contribution in [2.24, 2.45) is 5.92 Å². The van der Waals surface area contributed by atoms with Crippen LogP contribution >= 0.6 is 0 Å². The minimum Gasteiger partial charge on any atom is -0.490 e. The maximum absolute atomic E-state index is 13.0. The van der Waals surface area contributed by atoms with Crippen molar-refractivity contribution in [3.05, 3.63) is 66.2 Å². The molecule has 0 saturated carbocycles. The summed E-state index contributed by atoms with van der Waals surface area (Å²) in [4.78, 5) is 29.0. The summed E-state index contributed by atoms with van der Waals surface area (Å²) in [5.74, 6) is 0.728. The number of amides is 2. The smallest absolute Gasteiger partial charge is 0.248 e. The van der Waals surface area contributed by atoms with E-state index < -0.39 is 0 Å². The van der Waals surface area contributed by atoms with E-state index in [1.54, 1.807) is 9.80 Å². The molecule has 2 amide bonds. The van der Waals surface area contributed by atoms with E-state index in [-0.39, 0.29) is 30.4 Å². The molecule has 0 aliphatic carbocycles. The number of nitrogens with zero attached hydrogens (tertiary/aromatic N) is 2. The van der Waals surface area contributed by atoms with Gasteiger partial charge >= 0.3 is 0 Å². The molecule has 1 aliphatic heterocycles. The number of ether oxygens (including phenoxy) is 2. The van der Waals surface area contributed by atoms with Crippen molar-refractivity contribution < 1.29 is 19.1 Å². The maximum atomic E-state index is 13.0. The molecule has 6 nitrogen and oxygen atoms in total. The lowest BCUT2D eigenvalue weighted by Crippen LogP contribution is -2.50. The number of rotatable bonds is 9. The molecule has 6 heteroatoms. The van der Waals surface area contributed by atoms with Crippen molar-refractivity contribution in [2.45, 2.75) is 32.4 Å². The third-order valence-electron chi connectivity index (χ3n) is 5.60. The minimum absolute atomic E-state index is 0.0323. The van der Waals surface area contributed by atoms with Gasteiger partial charge in [-0.05, 0) is 24.6 Å². The Hall–Kier alpha value is -2.86. The van der Waals surface area contributed by atoms with E-state index >= 15 is 0 Å². The first-order valence-corrected chi connectivity index (χ1v) is 10.9. The van der Waals surface area contributed by atoms with Crippen molar-refractivity contribution in [1.29, 1.82) is 0 Å². The van der Waals surface area contributed by atoms with Gasteiger partial charge in [-0.25, -0.2) is 0 Å². The molecular weight excluding hydrogens is 392 g/mol. The Labute approximate surface area is 184 Å². The predicted octanol–water partition coefficient (Wildman–Crippen LogP) is 3.37. The van der Waals surface area contributed by atoms with Crippen LogP contribution in [0.4, 0.5) is 0 Å². The van der Waals surface area contributed by atoms with Crippen LogP contribution in [0.1, 0.15) is 25.3 Å². The number of para-hydroxylation sites is 1. The summed E-state index contributed by atoms with van der Waals surface area (Å²) in [6.07, 6.45) is 0.902. The van der Waals surface area contributed by atoms with Crippen molar-refractivity contribution in [3.63, 3.8) is 0 Å². The molecule has 3 rings (SSSR count). The molecule has 0 unspecified atom stereocenters. The normalized spacial score (nSPS) is 18.5. The summed E-state index contributed by atoms with van der Waals surface area (Å²) >= 11 is 0. The van der Waals surface area contributed by atoms with Crippen molar-refractivity contribution >= 4 is 11.8 Å². The highest BCUT2D eigenvalue weighted by Crippen LogP contribution is 2.26. The van der Waals surface area contributed by atoms with Crippen LogP contribution in [0.5, 0.6) is 5.75 Å². The molecule has 1 heterocycles. The predicted molar refractivity (Wildman–Crippen MR) is 120 cm³/mol. The second kappa shape index (κ2) is 11.5. The van der Waals surface area contributed by atoms with Gasteiger partial charge in [-0.3, -0.25) is 9.59 Å². The number of piperidine rings is 1. The van der Waals surface area contributed by atoms with Crippen LogP contribution in [-0.4, -0.2) is 61.1 Å². The highest BCUT2D eigenvalue weighted by Gasteiger charge is 2.35. The number of hydrogen-bond donors (Lipinski definition) is 0. The fourth-order valence-corrected chi connectivity index (χ4v) is 3.87. The zero-order valence-electron chi connectivity index (χ0n) is 18.4. The van der Waals surface area contributed by atoms with Crippen LogP contribution in [0.3, 0.4) is 0 Å². The van der Waals surface area contributed by atoms with E-state index in [9.17, 15) is 9.59 Å². The van der Waals surface area contributed by atoms with Crippen molar-refractivity contribution in [1.82, 2.24) is 9.80 Å². The Balaban J connectivity index is 1.66. The van der Waals surface area contributed by atoms with Gasteiger partial charge in [0.25, 0.3) is 0 Å². The summed E-state index contributed by atoms with van der Waals surface area (Å²) in [5.41, 5.74) is 1.09. The molecule has 2 aromatic rings. The molecule has 166 valence electrons. The highest BCUT2D eigenvalue weighted by atomic mass is 16.5. The fraction of sp³-hybridized carbons (Fsp3) is 0.440. The summed E-state index contributed by atoms with van der Waals surface area (Å²) in [6, 6.07) is 19.6. The number of hydrogen-bond acceptors (Lipinski definition) is 4. The number of carbonyl (C=O) groups is 2. The van der Waals surface area contributed by atoms with Crippen LogP contribution in [0.15, 0.2) is 60.7 Å². The number of likely N-dealkylation sites (tertiary alicyclic amines) is 1. The quantitative estimate of drug-likeness (QED) is 0.619. The SMILES string of the molecule is CCOCC(=O)N1CC[C@H](Oc2ccccc2)[C@@H](CC(=O)N(C)Cc2ccccc2)C1. The van der Waals surface area contributed by atoms with E-state index in [0.29, 0.717) is 39.1 Å². The average Bonchev–Trinajstić information content (AvgIpc) is 2.79. The number of carbonyl (C=O) groups excluding carboxylic acids is 2. The maximum Gasteiger partial charge on any atom is 0.248 e. The first kappa shape index (κ1) is 22.8. The Morgan fingerprint density at radius 3 is 2.42 bits per heavy atom. The molecule has 0 bridgehead atoms. The molecule has 2 aromatic carbocycles. The Morgan fingerprint density at radius 2 is 1.74 bits per heavy atom. The molecule has 0 N–H and O–H groups in total. The van der Waals surface area contributed by atoms with Crippen LogP contribution < -0.4 is 4.74 Å². The second-order valence-corrected chi connectivity index (χ2v) is 7.93. The van der Waals surface area contributed by atoms with Gasteiger partial charge in [0.1, 0.15) is 18.5 Å². The van der Waals surface area contributed by atoms with Gasteiger partial charge in [-0.1, -0.05) is 48.5 Å². The molecule has 1 saturated heterocycles. The highest BCUT2D eigenvalue weighted by molar-refractivity contribution is 5.78. The Bertz CT molecular complexity index is 828. The zero-order chi connectivity index (χ0) is 22.1. The summed E-state index contributed by atoms with van der Waals surface area (Å²) < 4.78 is 11.5. The lowest BCUT2D eigenvalue weighted by molar-refractivity contribution is -0.142. The van der Waals surface area contributed by atoms with Gasteiger partial charge in [-0.15, -0.1) is 0 Å². The van der Waals surface area contributed by atoms with Crippen LogP contribution in [0, 0.1) is 5.92 Å². The summed E-state index contributed by atoms with van der Waals surface area (Å²) in [6.45, 7) is 4.12. The molecule has 0 aromatic heterocycles. The largest absolute Gasteiger partial charge is 0.490 e. The van der Waals surface area contributed by atoms with E-state index in [2.05, 4.69) is 0 Å². The lowest BCUT2D eigenvalue weighted by Gasteiger charge is -2.38. The van der Waals surface area contributed by atoms with Crippen LogP contribution in [-0.2, 0) is 20.9 Å². The lowest BCUT2D eigenvalue weighted by atomic mass is 9.90. The van der Waals surface area contributed by atoms with Gasteiger partial charge in [0, 0.05) is 52.0 Å². The van der Waals surface area contributed by atoms with Gasteiger partial charge in [0.15, 0.2) is 0 Å². The molecular formula is C25H32N2O4. The molecule has 31 heavy (non-hydrogen) atoms. The Morgan fingerprint density at radius 1 is 1.06 bits per heavy atom. The van der Waals surface area contributed by atoms with Gasteiger partial charge < -0.3 is 19.3 Å². The van der Waals surface area contributed by atoms with Gasteiger partial charge in [0.2, 0.25) is 11.8 Å². The Kier molecular flexibility index (Phi) is 8.47. The third-order valence-corrected chi connectivity index (χ3v) is 5.60. The number of benzene rings is 2. The molecule has 2 atom stereocenters. The molecule has 1 aliphatic rings. The second-order valence-electron chi connectivity index (χ2n) is 7.93. The summed E-state index contributed by atoms with van der Waals surface area (Å²) in [7, 11) is 1.82. The van der Waals surface area contributed by atoms with Crippen LogP contribution in [0.2, 0.25) is 0 Å². The van der Waals surface area contributed by atoms with E-state index in [0.717, 1.165) is 11.3 Å². The summed E-state index contributed by atoms with van der Waals surface area (Å²) in [5, 5.41) is 0. The monoisotopic (exact) mass is 424 g/mol. The van der Waals surface area contributed by atoms with Gasteiger partial charge in [-0.2, -0.15) is 0 Å². The zero-order valence-corrected chi connectivity index (χ0v) is 18.4. The molecule has 1 fully saturated rings. The fourth-order valence-electron chi connectivity index (χ4n) is 3.87. The van der Waals surface area contributed by atoms with E-state index in [1.165, 1.54) is 0 Å². The molecule has 0 radical (unpaired) electrons. The van der Waals surface area contributed by atoms with Crippen LogP contribution in [0.25, 0.3) is 0 Å². The first-order valence-electron chi connectivity index (χ1n) is 10.9. The average molecular weight is 425 g/mol. The minimum atomic E-state index is -0.118. The standard InChI is InChI=1S/C25H32N2O4/c1-3-30-19-25(29)27-15-14-23(31-22-12-8-5-9-13-22)21(18-27)16-24(28)26(2)17-20-10-6-4-7-11-20/h4-13,21,23H,3,14-19H2,1-2H3/t21-,23-/m0/s1. The first-order chi connectivity index (χ1) is 15.1. The van der Waals surface area contributed by atoms with Crippen molar-refractivity contribution in [3.8, 4) is 5.75 Å². The molecule has 0 spiro atoms. The van der Waals surface area contributed by atoms with Gasteiger partial charge in [0.05, 0.1) is 0 Å². The van der Waals surface area contributed by atoms with E-state index in [1.807, 2.05) is 74.6 Å². The topological polar surface area (TPSA) is 59.1 Å². The van der Waals surface area contributed by atoms with E-state index in [4.69, 9.17) is 9.47 Å². The van der Waals surface area contributed by atoms with Crippen molar-refractivity contribution in [2.75, 3.05) is 33.4 Å². The third kappa shape index (κ3) is 6.82.